The second kappa shape index (κ2) is 10.0. The Balaban J connectivity index is 1.53. The number of aldehydes is 1. The first-order valence-electron chi connectivity index (χ1n) is 10.4. The van der Waals surface area contributed by atoms with Crippen LogP contribution in [0.2, 0.25) is 0 Å². The number of aliphatic imine (C=N–C) groups is 1. The number of rotatable bonds is 8. The van der Waals surface area contributed by atoms with Gasteiger partial charge >= 0.3 is 12.1 Å². The van der Waals surface area contributed by atoms with Gasteiger partial charge in [-0.05, 0) is 23.8 Å². The van der Waals surface area contributed by atoms with Gasteiger partial charge in [0.05, 0.1) is 28.3 Å². The second-order valence-electron chi connectivity index (χ2n) is 7.55. The third-order valence-corrected chi connectivity index (χ3v) is 5.19. The number of nitrogens with two attached hydrogens (primary N) is 1. The zero-order valence-electron chi connectivity index (χ0n) is 18.5. The van der Waals surface area contributed by atoms with E-state index in [0.29, 0.717) is 24.2 Å². The fraction of sp³-hybridized carbons (Fsp3) is 0.136. The van der Waals surface area contributed by atoms with Gasteiger partial charge in [0.1, 0.15) is 24.6 Å². The van der Waals surface area contributed by atoms with Crippen LogP contribution in [0.3, 0.4) is 0 Å². The average molecular weight is 493 g/mol. The minimum Gasteiger partial charge on any atom is -0.477 e. The third kappa shape index (κ3) is 5.02. The maximum Gasteiger partial charge on any atom is 0.412 e. The minimum absolute atomic E-state index is 0.0433. The number of aromatic nitrogens is 2. The number of carbonyl (C=O) groups is 3. The molecule has 0 bridgehead atoms. The van der Waals surface area contributed by atoms with Gasteiger partial charge in [-0.15, -0.1) is 0 Å². The summed E-state index contributed by atoms with van der Waals surface area (Å²) in [6.07, 6.45) is 2.33. The van der Waals surface area contributed by atoms with Gasteiger partial charge in [-0.25, -0.2) is 19.6 Å². The third-order valence-electron chi connectivity index (χ3n) is 5.19. The Bertz CT molecular complexity index is 1380. The number of hydrogen-bond donors (Lipinski definition) is 4. The summed E-state index contributed by atoms with van der Waals surface area (Å²) in [6.45, 7) is 0.154. The Kier molecular flexibility index (Phi) is 6.69. The summed E-state index contributed by atoms with van der Waals surface area (Å²) >= 11 is 0. The smallest absolute Gasteiger partial charge is 0.412 e. The Hall–Kier alpha value is -5.11. The molecule has 36 heavy (non-hydrogen) atoms. The number of hydrogen-bond acceptors (Lipinski definition) is 10. The summed E-state index contributed by atoms with van der Waals surface area (Å²) in [5.41, 5.74) is 6.74. The van der Waals surface area contributed by atoms with E-state index in [4.69, 9.17) is 10.5 Å². The fourth-order valence-electron chi connectivity index (χ4n) is 3.43. The van der Waals surface area contributed by atoms with Crippen molar-refractivity contribution in [2.45, 2.75) is 19.2 Å². The number of nitro groups is 1. The molecule has 1 atom stereocenters. The molecule has 0 fully saturated rings. The first-order valence-corrected chi connectivity index (χ1v) is 10.4. The molecule has 2 heterocycles. The molecule has 1 amide bonds. The number of ether oxygens (including phenoxy) is 1. The summed E-state index contributed by atoms with van der Waals surface area (Å²) in [4.78, 5) is 53.9. The van der Waals surface area contributed by atoms with E-state index in [2.05, 4.69) is 20.6 Å². The molecule has 1 aromatic heterocycles. The van der Waals surface area contributed by atoms with Gasteiger partial charge in [0.15, 0.2) is 5.71 Å². The topological polar surface area (TPSA) is 204 Å². The summed E-state index contributed by atoms with van der Waals surface area (Å²) < 4.78 is 6.48. The molecule has 3 aromatic rings. The van der Waals surface area contributed by atoms with Gasteiger partial charge in [0, 0.05) is 24.5 Å². The largest absolute Gasteiger partial charge is 0.477 e. The number of fused-ring (bicyclic) bond motifs is 1. The first kappa shape index (κ1) is 24.0. The molecule has 4 rings (SSSR count). The van der Waals surface area contributed by atoms with Crippen molar-refractivity contribution >= 4 is 46.8 Å². The predicted molar refractivity (Wildman–Crippen MR) is 127 cm³/mol. The van der Waals surface area contributed by atoms with Crippen molar-refractivity contribution in [2.24, 2.45) is 10.7 Å². The van der Waals surface area contributed by atoms with Gasteiger partial charge in [-0.1, -0.05) is 12.1 Å². The number of nitrogens with zero attached hydrogens (tertiary/aromatic N) is 4. The van der Waals surface area contributed by atoms with Gasteiger partial charge in [0.25, 0.3) is 5.69 Å². The van der Waals surface area contributed by atoms with Crippen LogP contribution in [-0.2, 0) is 27.5 Å². The van der Waals surface area contributed by atoms with Crippen LogP contribution in [0.1, 0.15) is 11.3 Å². The van der Waals surface area contributed by atoms with Crippen molar-refractivity contribution in [3.05, 3.63) is 70.3 Å². The maximum absolute atomic E-state index is 12.1. The predicted octanol–water partition coefficient (Wildman–Crippen LogP) is 2.14. The van der Waals surface area contributed by atoms with Gasteiger partial charge < -0.3 is 25.7 Å². The lowest BCUT2D eigenvalue weighted by Gasteiger charge is -2.21. The van der Waals surface area contributed by atoms with E-state index in [1.807, 2.05) is 0 Å². The van der Waals surface area contributed by atoms with Crippen LogP contribution in [0, 0.1) is 10.1 Å². The second-order valence-corrected chi connectivity index (χ2v) is 7.55. The first-order chi connectivity index (χ1) is 17.3. The molecule has 14 heteroatoms. The van der Waals surface area contributed by atoms with E-state index in [1.165, 1.54) is 23.2 Å². The highest BCUT2D eigenvalue weighted by molar-refractivity contribution is 6.42. The number of carboxylic acids is 1. The van der Waals surface area contributed by atoms with Crippen LogP contribution in [0.25, 0.3) is 5.69 Å². The van der Waals surface area contributed by atoms with Gasteiger partial charge in [0.2, 0.25) is 0 Å². The number of nitrogens with one attached hydrogen (secondary N) is 2. The summed E-state index contributed by atoms with van der Waals surface area (Å²) in [6, 6.07) is 8.09. The molecule has 0 spiro atoms. The van der Waals surface area contributed by atoms with E-state index in [9.17, 15) is 29.6 Å². The molecule has 0 saturated carbocycles. The van der Waals surface area contributed by atoms with Crippen LogP contribution in [0.15, 0.2) is 53.9 Å². The molecule has 1 aliphatic rings. The number of carboxylic acid groups (broad SMARTS) is 1. The molecule has 0 aliphatic carbocycles. The monoisotopic (exact) mass is 493 g/mol. The number of aliphatic carboxylic acids is 1. The SMILES string of the molecule is NCc1ccc(NC(=O)OCc2cn(-c3cc4c(cc3[N+](=O)[O-])NC(C=O)C(C(=O)O)=N4)cn2)cc1. The van der Waals surface area contributed by atoms with Crippen molar-refractivity contribution < 1.29 is 29.2 Å². The average Bonchev–Trinajstić information content (AvgIpc) is 3.35. The van der Waals surface area contributed by atoms with E-state index < -0.39 is 28.7 Å². The highest BCUT2D eigenvalue weighted by Crippen LogP contribution is 2.38. The van der Waals surface area contributed by atoms with Crippen LogP contribution in [0.5, 0.6) is 0 Å². The molecule has 184 valence electrons. The van der Waals surface area contributed by atoms with Crippen LogP contribution >= 0.6 is 0 Å². The van der Waals surface area contributed by atoms with E-state index >= 15 is 0 Å². The summed E-state index contributed by atoms with van der Waals surface area (Å²) in [7, 11) is 0. The van der Waals surface area contributed by atoms with Crippen molar-refractivity contribution in [1.29, 1.82) is 0 Å². The highest BCUT2D eigenvalue weighted by atomic mass is 16.6. The number of amides is 1. The quantitative estimate of drug-likeness (QED) is 0.204. The zero-order valence-corrected chi connectivity index (χ0v) is 18.5. The van der Waals surface area contributed by atoms with Crippen molar-refractivity contribution in [1.82, 2.24) is 9.55 Å². The van der Waals surface area contributed by atoms with Crippen molar-refractivity contribution in [3.8, 4) is 5.69 Å². The van der Waals surface area contributed by atoms with Crippen LogP contribution < -0.4 is 16.4 Å². The molecule has 5 N–H and O–H groups in total. The molecule has 1 unspecified atom stereocenters. The number of benzene rings is 2. The number of anilines is 2. The lowest BCUT2D eigenvalue weighted by atomic mass is 10.1. The molecular formula is C22H19N7O7. The Morgan fingerprint density at radius 1 is 1.31 bits per heavy atom. The molecule has 1 aliphatic heterocycles. The zero-order chi connectivity index (χ0) is 25.8. The van der Waals surface area contributed by atoms with Crippen LogP contribution in [-0.4, -0.2) is 49.7 Å². The van der Waals surface area contributed by atoms with Gasteiger partial charge in [-0.2, -0.15) is 0 Å². The number of carbonyl (C=O) groups excluding carboxylic acids is 2. The lowest BCUT2D eigenvalue weighted by molar-refractivity contribution is -0.384. The van der Waals surface area contributed by atoms with Crippen molar-refractivity contribution in [3.63, 3.8) is 0 Å². The maximum atomic E-state index is 12.1. The molecule has 14 nitrogen and oxygen atoms in total. The number of imidazole rings is 1. The summed E-state index contributed by atoms with van der Waals surface area (Å²) in [5.74, 6) is -1.40. The standard InChI is InChI=1S/C22H19N7O7/c23-7-12-1-3-13(4-2-12)25-22(33)36-10-14-8-28(11-24-14)18-5-16-15(6-19(18)29(34)35)26-17(9-30)20(27-16)21(31)32/h1-6,8-9,11,17,26H,7,10,23H2,(H,25,33)(H,31,32). The normalized spacial score (nSPS) is 14.1. The molecule has 0 saturated heterocycles. The molecule has 2 aromatic carbocycles. The van der Waals surface area contributed by atoms with E-state index in [0.717, 1.165) is 11.6 Å². The summed E-state index contributed by atoms with van der Waals surface area (Å²) in [5, 5.41) is 26.2. The highest BCUT2D eigenvalue weighted by Gasteiger charge is 2.30. The van der Waals surface area contributed by atoms with Gasteiger partial charge in [-0.3, -0.25) is 20.0 Å². The molecule has 0 radical (unpaired) electrons. The lowest BCUT2D eigenvalue weighted by Crippen LogP contribution is -2.38. The Labute approximate surface area is 202 Å². The number of nitro benzene ring substituents is 1. The fourth-order valence-corrected chi connectivity index (χ4v) is 3.43. The van der Waals surface area contributed by atoms with E-state index in [1.54, 1.807) is 24.3 Å². The van der Waals surface area contributed by atoms with Crippen LogP contribution in [0.4, 0.5) is 27.5 Å². The molecular weight excluding hydrogens is 474 g/mol. The van der Waals surface area contributed by atoms with E-state index in [-0.39, 0.29) is 29.4 Å². The van der Waals surface area contributed by atoms with Crippen molar-refractivity contribution in [2.75, 3.05) is 10.6 Å². The Morgan fingerprint density at radius 3 is 2.69 bits per heavy atom. The minimum atomic E-state index is -1.40. The Morgan fingerprint density at radius 2 is 2.06 bits per heavy atom.